The fraction of sp³-hybridized carbons (Fsp3) is 0.125. The molecule has 0 atom stereocenters. The molecule has 0 amide bonds. The van der Waals surface area contributed by atoms with Crippen LogP contribution < -0.4 is 9.47 Å². The molecule has 6 nitrogen and oxygen atoms in total. The maximum atomic E-state index is 12.7. The summed E-state index contributed by atoms with van der Waals surface area (Å²) >= 11 is 0. The average Bonchev–Trinajstić information content (AvgIpc) is 2.78. The minimum absolute atomic E-state index is 0.268. The van der Waals surface area contributed by atoms with Gasteiger partial charge in [-0.1, -0.05) is 36.4 Å². The van der Waals surface area contributed by atoms with Crippen LogP contribution in [-0.2, 0) is 9.53 Å². The molecule has 0 fully saturated rings. The molecule has 1 aromatic heterocycles. The Morgan fingerprint density at radius 1 is 0.933 bits per heavy atom. The van der Waals surface area contributed by atoms with Crippen molar-refractivity contribution in [2.45, 2.75) is 6.92 Å². The zero-order chi connectivity index (χ0) is 21.5. The first-order valence-corrected chi connectivity index (χ1v) is 9.21. The van der Waals surface area contributed by atoms with Gasteiger partial charge in [-0.3, -0.25) is 4.98 Å². The monoisotopic (exact) mass is 403 g/mol. The smallest absolute Gasteiger partial charge is 0.345 e. The second kappa shape index (κ2) is 9.52. The van der Waals surface area contributed by atoms with Crippen molar-refractivity contribution in [3.63, 3.8) is 0 Å². The van der Waals surface area contributed by atoms with E-state index >= 15 is 0 Å². The summed E-state index contributed by atoms with van der Waals surface area (Å²) in [5.74, 6) is -0.367. The molecule has 0 aliphatic carbocycles. The molecule has 2 aromatic carbocycles. The fourth-order valence-electron chi connectivity index (χ4n) is 2.81. The molecule has 0 radical (unpaired) electrons. The van der Waals surface area contributed by atoms with Gasteiger partial charge in [-0.15, -0.1) is 0 Å². The number of nitrogens with zero attached hydrogens (tertiary/aromatic N) is 1. The molecular weight excluding hydrogens is 382 g/mol. The summed E-state index contributed by atoms with van der Waals surface area (Å²) in [4.78, 5) is 28.5. The minimum atomic E-state index is -0.532. The van der Waals surface area contributed by atoms with Crippen molar-refractivity contribution in [1.82, 2.24) is 4.98 Å². The number of aromatic nitrogens is 1. The Balaban J connectivity index is 1.80. The van der Waals surface area contributed by atoms with Crippen molar-refractivity contribution in [2.75, 3.05) is 14.2 Å². The third-order valence-corrected chi connectivity index (χ3v) is 4.38. The van der Waals surface area contributed by atoms with Gasteiger partial charge in [0.25, 0.3) is 0 Å². The number of esters is 2. The highest BCUT2D eigenvalue weighted by Gasteiger charge is 2.16. The number of methoxy groups -OCH3 is 2. The van der Waals surface area contributed by atoms with Gasteiger partial charge in [-0.25, -0.2) is 9.59 Å². The topological polar surface area (TPSA) is 74.7 Å². The van der Waals surface area contributed by atoms with Crippen LogP contribution in [0.15, 0.2) is 66.7 Å². The second-order valence-corrected chi connectivity index (χ2v) is 6.35. The number of hydrogen-bond donors (Lipinski definition) is 0. The van der Waals surface area contributed by atoms with E-state index in [0.717, 1.165) is 11.3 Å². The van der Waals surface area contributed by atoms with Gasteiger partial charge in [-0.05, 0) is 42.8 Å². The van der Waals surface area contributed by atoms with Crippen LogP contribution in [0.25, 0.3) is 17.3 Å². The Morgan fingerprint density at radius 3 is 2.37 bits per heavy atom. The quantitative estimate of drug-likeness (QED) is 0.343. The number of ether oxygens (including phenoxy) is 3. The lowest BCUT2D eigenvalue weighted by Crippen LogP contribution is -2.12. The lowest BCUT2D eigenvalue weighted by atomic mass is 10.1. The normalized spacial score (nSPS) is 10.6. The summed E-state index contributed by atoms with van der Waals surface area (Å²) in [6.07, 6.45) is 2.88. The summed E-state index contributed by atoms with van der Waals surface area (Å²) in [5.41, 5.74) is 3.38. The molecule has 0 spiro atoms. The Labute approximate surface area is 174 Å². The second-order valence-electron chi connectivity index (χ2n) is 6.35. The van der Waals surface area contributed by atoms with Gasteiger partial charge in [0.2, 0.25) is 0 Å². The zero-order valence-electron chi connectivity index (χ0n) is 16.9. The molecule has 3 rings (SSSR count). The molecule has 0 saturated heterocycles. The molecule has 0 aliphatic rings. The first-order chi connectivity index (χ1) is 14.5. The van der Waals surface area contributed by atoms with E-state index in [4.69, 9.17) is 9.47 Å². The first-order valence-electron chi connectivity index (χ1n) is 9.21. The molecule has 0 aliphatic heterocycles. The molecule has 6 heteroatoms. The number of rotatable bonds is 6. The van der Waals surface area contributed by atoms with Crippen LogP contribution in [0.1, 0.15) is 21.6 Å². The molecule has 30 heavy (non-hydrogen) atoms. The van der Waals surface area contributed by atoms with Crippen LogP contribution in [0, 0.1) is 6.92 Å². The predicted octanol–water partition coefficient (Wildman–Crippen LogP) is 4.47. The molecule has 3 aromatic rings. The van der Waals surface area contributed by atoms with Crippen molar-refractivity contribution >= 4 is 18.0 Å². The molecule has 0 unspecified atom stereocenters. The van der Waals surface area contributed by atoms with Crippen LogP contribution in [0.3, 0.4) is 0 Å². The van der Waals surface area contributed by atoms with Crippen molar-refractivity contribution in [2.24, 2.45) is 0 Å². The minimum Gasteiger partial charge on any atom is -0.493 e. The summed E-state index contributed by atoms with van der Waals surface area (Å²) in [5, 5.41) is 0. The highest BCUT2D eigenvalue weighted by atomic mass is 16.6. The number of benzene rings is 2. The van der Waals surface area contributed by atoms with Crippen molar-refractivity contribution in [3.8, 4) is 22.8 Å². The van der Waals surface area contributed by atoms with E-state index in [1.54, 1.807) is 43.3 Å². The van der Waals surface area contributed by atoms with Gasteiger partial charge in [0, 0.05) is 11.6 Å². The van der Waals surface area contributed by atoms with Crippen molar-refractivity contribution in [3.05, 3.63) is 83.6 Å². The highest BCUT2D eigenvalue weighted by molar-refractivity contribution is 5.93. The maximum Gasteiger partial charge on any atom is 0.345 e. The van der Waals surface area contributed by atoms with Crippen LogP contribution >= 0.6 is 0 Å². The molecule has 0 bridgehead atoms. The number of hydrogen-bond acceptors (Lipinski definition) is 6. The Morgan fingerprint density at radius 2 is 1.70 bits per heavy atom. The average molecular weight is 403 g/mol. The number of aryl methyl sites for hydroxylation is 1. The van der Waals surface area contributed by atoms with Gasteiger partial charge >= 0.3 is 11.9 Å². The zero-order valence-corrected chi connectivity index (χ0v) is 16.9. The van der Waals surface area contributed by atoms with E-state index < -0.39 is 11.9 Å². The summed E-state index contributed by atoms with van der Waals surface area (Å²) in [7, 11) is 2.78. The van der Waals surface area contributed by atoms with Crippen LogP contribution in [0.2, 0.25) is 0 Å². The molecule has 0 N–H and O–H groups in total. The van der Waals surface area contributed by atoms with Gasteiger partial charge in [-0.2, -0.15) is 0 Å². The SMILES string of the molecule is COC(=O)/C=C/c1ccc(OC(=O)c2ccc(-c3ccccc3)nc2C)c(OC)c1. The lowest BCUT2D eigenvalue weighted by molar-refractivity contribution is -0.134. The Hall–Kier alpha value is -3.93. The van der Waals surface area contributed by atoms with E-state index in [1.165, 1.54) is 20.3 Å². The van der Waals surface area contributed by atoms with E-state index in [0.29, 0.717) is 22.6 Å². The molecule has 152 valence electrons. The molecule has 1 heterocycles. The van der Waals surface area contributed by atoms with Crippen LogP contribution in [0.4, 0.5) is 0 Å². The maximum absolute atomic E-state index is 12.7. The Kier molecular flexibility index (Phi) is 6.60. The Bertz CT molecular complexity index is 1090. The van der Waals surface area contributed by atoms with Crippen molar-refractivity contribution in [1.29, 1.82) is 0 Å². The van der Waals surface area contributed by atoms with E-state index in [9.17, 15) is 9.59 Å². The number of pyridine rings is 1. The highest BCUT2D eigenvalue weighted by Crippen LogP contribution is 2.30. The molecule has 0 saturated carbocycles. The van der Waals surface area contributed by atoms with Crippen LogP contribution in [-0.4, -0.2) is 31.1 Å². The van der Waals surface area contributed by atoms with Gasteiger partial charge in [0.05, 0.1) is 31.2 Å². The first kappa shape index (κ1) is 20.8. The standard InChI is InChI=1S/C24H21NO5/c1-16-19(11-12-20(25-16)18-7-5-4-6-8-18)24(27)30-21-13-9-17(15-22(21)28-2)10-14-23(26)29-3/h4-15H,1-3H3/b14-10+. The van der Waals surface area contributed by atoms with E-state index in [2.05, 4.69) is 9.72 Å². The van der Waals surface area contributed by atoms with Crippen molar-refractivity contribution < 1.29 is 23.8 Å². The number of carbonyl (C=O) groups is 2. The van der Waals surface area contributed by atoms with Gasteiger partial charge < -0.3 is 14.2 Å². The predicted molar refractivity (Wildman–Crippen MR) is 113 cm³/mol. The summed E-state index contributed by atoms with van der Waals surface area (Å²) in [6, 6.07) is 18.2. The number of carbonyl (C=O) groups excluding carboxylic acids is 2. The summed E-state index contributed by atoms with van der Waals surface area (Å²) in [6.45, 7) is 1.76. The van der Waals surface area contributed by atoms with Gasteiger partial charge in [0.15, 0.2) is 11.5 Å². The largest absolute Gasteiger partial charge is 0.493 e. The third kappa shape index (κ3) is 4.91. The van der Waals surface area contributed by atoms with E-state index in [-0.39, 0.29) is 5.75 Å². The third-order valence-electron chi connectivity index (χ3n) is 4.38. The summed E-state index contributed by atoms with van der Waals surface area (Å²) < 4.78 is 15.4. The lowest BCUT2D eigenvalue weighted by Gasteiger charge is -2.11. The molecular formula is C24H21NO5. The van der Waals surface area contributed by atoms with Crippen LogP contribution in [0.5, 0.6) is 11.5 Å². The van der Waals surface area contributed by atoms with Gasteiger partial charge in [0.1, 0.15) is 0 Å². The fourth-order valence-corrected chi connectivity index (χ4v) is 2.81. The van der Waals surface area contributed by atoms with E-state index in [1.807, 2.05) is 30.3 Å².